The number of benzene rings is 3. The number of sulfonamides is 1. The molecule has 0 saturated carbocycles. The van der Waals surface area contributed by atoms with E-state index in [0.717, 1.165) is 22.2 Å². The van der Waals surface area contributed by atoms with Gasteiger partial charge >= 0.3 is 6.03 Å². The van der Waals surface area contributed by atoms with Crippen LogP contribution in [0.4, 0.5) is 16.2 Å². The smallest absolute Gasteiger partial charge is 0.334 e. The topological polar surface area (TPSA) is 90.5 Å². The standard InChI is InChI=1S/C25H32N4O3S/c1-16(2)18-10-7-11-19(17(3)4)24(18)26-25(30)27-28-33(31,32)23-15-9-12-20-21(23)13-8-14-22(20)29(5)6/h7-17,28H,1-6H3,(H2,26,27,30). The van der Waals surface area contributed by atoms with Crippen LogP contribution in [0.1, 0.15) is 50.7 Å². The second-order valence-electron chi connectivity index (χ2n) is 8.83. The Bertz CT molecular complexity index is 1240. The molecule has 7 nitrogen and oxygen atoms in total. The third-order valence-electron chi connectivity index (χ3n) is 5.54. The number of carbonyl (C=O) groups is 1. The van der Waals surface area contributed by atoms with E-state index in [-0.39, 0.29) is 16.7 Å². The highest BCUT2D eigenvalue weighted by atomic mass is 32.2. The van der Waals surface area contributed by atoms with Crippen LogP contribution in [0, 0.1) is 0 Å². The molecule has 176 valence electrons. The number of carbonyl (C=O) groups excluding carboxylic acids is 1. The lowest BCUT2D eigenvalue weighted by molar-refractivity contribution is 0.250. The number of fused-ring (bicyclic) bond motifs is 1. The Morgan fingerprint density at radius 1 is 0.818 bits per heavy atom. The van der Waals surface area contributed by atoms with Crippen LogP contribution in [0.25, 0.3) is 10.8 Å². The second kappa shape index (κ2) is 9.80. The molecule has 3 aromatic rings. The summed E-state index contributed by atoms with van der Waals surface area (Å²) in [7, 11) is -0.204. The van der Waals surface area contributed by atoms with Crippen LogP contribution in [0.2, 0.25) is 0 Å². The molecule has 0 spiro atoms. The fraction of sp³-hybridized carbons (Fsp3) is 0.320. The van der Waals surface area contributed by atoms with E-state index in [4.69, 9.17) is 0 Å². The van der Waals surface area contributed by atoms with Crippen molar-refractivity contribution < 1.29 is 13.2 Å². The van der Waals surface area contributed by atoms with Gasteiger partial charge in [0.15, 0.2) is 0 Å². The molecule has 2 amide bonds. The summed E-state index contributed by atoms with van der Waals surface area (Å²) < 4.78 is 26.1. The molecule has 3 rings (SSSR count). The number of hydrogen-bond donors (Lipinski definition) is 3. The molecule has 8 heteroatoms. The van der Waals surface area contributed by atoms with Gasteiger partial charge in [-0.05, 0) is 35.1 Å². The molecule has 3 aromatic carbocycles. The van der Waals surface area contributed by atoms with E-state index < -0.39 is 16.1 Å². The van der Waals surface area contributed by atoms with Gasteiger partial charge in [-0.15, -0.1) is 4.83 Å². The van der Waals surface area contributed by atoms with Gasteiger partial charge in [-0.1, -0.05) is 70.2 Å². The van der Waals surface area contributed by atoms with Crippen LogP contribution in [0.3, 0.4) is 0 Å². The van der Waals surface area contributed by atoms with Crippen molar-refractivity contribution in [2.24, 2.45) is 0 Å². The summed E-state index contributed by atoms with van der Waals surface area (Å²) in [5.41, 5.74) is 5.90. The van der Waals surface area contributed by atoms with Crippen molar-refractivity contribution in [1.29, 1.82) is 0 Å². The zero-order valence-electron chi connectivity index (χ0n) is 19.9. The van der Waals surface area contributed by atoms with E-state index in [0.29, 0.717) is 11.1 Å². The largest absolute Gasteiger partial charge is 0.377 e. The summed E-state index contributed by atoms with van der Waals surface area (Å²) in [6.45, 7) is 8.20. The normalized spacial score (nSPS) is 11.8. The van der Waals surface area contributed by atoms with Gasteiger partial charge < -0.3 is 10.2 Å². The van der Waals surface area contributed by atoms with E-state index in [1.807, 2.05) is 83.1 Å². The fourth-order valence-corrected chi connectivity index (χ4v) is 4.96. The molecule has 0 aliphatic heterocycles. The first-order valence-electron chi connectivity index (χ1n) is 10.9. The van der Waals surface area contributed by atoms with E-state index >= 15 is 0 Å². The monoisotopic (exact) mass is 468 g/mol. The summed E-state index contributed by atoms with van der Waals surface area (Å²) in [5, 5.41) is 4.23. The second-order valence-corrected chi connectivity index (χ2v) is 10.5. The molecule has 33 heavy (non-hydrogen) atoms. The van der Waals surface area contributed by atoms with E-state index in [1.54, 1.807) is 12.1 Å². The number of nitrogens with zero attached hydrogens (tertiary/aromatic N) is 1. The first-order chi connectivity index (χ1) is 15.5. The van der Waals surface area contributed by atoms with Crippen LogP contribution in [0.15, 0.2) is 59.5 Å². The molecule has 0 unspecified atom stereocenters. The molecule has 0 heterocycles. The lowest BCUT2D eigenvalue weighted by Crippen LogP contribution is -2.44. The number of urea groups is 1. The maximum Gasteiger partial charge on any atom is 0.334 e. The lowest BCUT2D eigenvalue weighted by atomic mass is 9.93. The van der Waals surface area contributed by atoms with Gasteiger partial charge in [0.05, 0.1) is 4.90 Å². The van der Waals surface area contributed by atoms with E-state index in [1.165, 1.54) is 6.07 Å². The minimum Gasteiger partial charge on any atom is -0.377 e. The number of anilines is 2. The summed E-state index contributed by atoms with van der Waals surface area (Å²) in [4.78, 5) is 16.9. The molecular weight excluding hydrogens is 436 g/mol. The number of nitrogens with one attached hydrogen (secondary N) is 3. The zero-order chi connectivity index (χ0) is 24.3. The minimum atomic E-state index is -4.01. The quantitative estimate of drug-likeness (QED) is 0.417. The third-order valence-corrected chi connectivity index (χ3v) is 6.85. The Morgan fingerprint density at radius 3 is 1.94 bits per heavy atom. The van der Waals surface area contributed by atoms with Gasteiger partial charge in [0.1, 0.15) is 0 Å². The molecule has 0 radical (unpaired) electrons. The summed E-state index contributed by atoms with van der Waals surface area (Å²) in [6, 6.07) is 15.8. The van der Waals surface area contributed by atoms with E-state index in [2.05, 4.69) is 15.6 Å². The molecule has 0 fully saturated rings. The van der Waals surface area contributed by atoms with Gasteiger partial charge in [-0.25, -0.2) is 13.2 Å². The van der Waals surface area contributed by atoms with Crippen molar-refractivity contribution in [2.45, 2.75) is 44.4 Å². The predicted octanol–water partition coefficient (Wildman–Crippen LogP) is 5.17. The van der Waals surface area contributed by atoms with Gasteiger partial charge in [0.2, 0.25) is 0 Å². The van der Waals surface area contributed by atoms with Gasteiger partial charge in [0.25, 0.3) is 10.0 Å². The maximum absolute atomic E-state index is 13.1. The average molecular weight is 469 g/mol. The number of para-hydroxylation sites is 1. The highest BCUT2D eigenvalue weighted by molar-refractivity contribution is 7.89. The Balaban J connectivity index is 1.86. The van der Waals surface area contributed by atoms with Crippen LogP contribution >= 0.6 is 0 Å². The molecule has 0 atom stereocenters. The summed E-state index contributed by atoms with van der Waals surface area (Å²) in [5.74, 6) is 0.384. The highest BCUT2D eigenvalue weighted by Gasteiger charge is 2.21. The molecule has 0 aromatic heterocycles. The molecule has 0 bridgehead atoms. The molecule has 3 N–H and O–H groups in total. The van der Waals surface area contributed by atoms with Gasteiger partial charge in [0, 0.05) is 36.2 Å². The third kappa shape index (κ3) is 5.29. The number of hydrazine groups is 1. The summed E-state index contributed by atoms with van der Waals surface area (Å²) >= 11 is 0. The van der Waals surface area contributed by atoms with Crippen LogP contribution in [-0.2, 0) is 10.0 Å². The maximum atomic E-state index is 13.1. The Labute approximate surface area is 196 Å². The molecule has 0 aliphatic rings. The Hall–Kier alpha value is -3.10. The highest BCUT2D eigenvalue weighted by Crippen LogP contribution is 2.32. The minimum absolute atomic E-state index is 0.0921. The summed E-state index contributed by atoms with van der Waals surface area (Å²) in [6.07, 6.45) is 0. The SMILES string of the molecule is CC(C)c1cccc(C(C)C)c1NC(=O)NNS(=O)(=O)c1cccc2c(N(C)C)cccc12. The molecule has 0 aliphatic carbocycles. The number of rotatable bonds is 7. The Morgan fingerprint density at radius 2 is 1.36 bits per heavy atom. The first-order valence-corrected chi connectivity index (χ1v) is 12.4. The van der Waals surface area contributed by atoms with Gasteiger partial charge in [-0.2, -0.15) is 0 Å². The first kappa shape index (κ1) is 24.5. The van der Waals surface area contributed by atoms with Crippen LogP contribution < -0.4 is 20.5 Å². The number of amides is 2. The molecular formula is C25H32N4O3S. The van der Waals surface area contributed by atoms with Crippen LogP contribution in [0.5, 0.6) is 0 Å². The zero-order valence-corrected chi connectivity index (χ0v) is 20.7. The van der Waals surface area contributed by atoms with Crippen molar-refractivity contribution in [2.75, 3.05) is 24.3 Å². The lowest BCUT2D eigenvalue weighted by Gasteiger charge is -2.20. The van der Waals surface area contributed by atoms with Crippen molar-refractivity contribution in [3.63, 3.8) is 0 Å². The number of hydrogen-bond acceptors (Lipinski definition) is 4. The van der Waals surface area contributed by atoms with Crippen molar-refractivity contribution >= 4 is 38.2 Å². The van der Waals surface area contributed by atoms with Gasteiger partial charge in [-0.3, -0.25) is 5.43 Å². The van der Waals surface area contributed by atoms with Crippen LogP contribution in [-0.4, -0.2) is 28.5 Å². The molecule has 0 saturated heterocycles. The van der Waals surface area contributed by atoms with Crippen molar-refractivity contribution in [3.8, 4) is 0 Å². The fourth-order valence-electron chi connectivity index (χ4n) is 3.90. The van der Waals surface area contributed by atoms with E-state index in [9.17, 15) is 13.2 Å². The van der Waals surface area contributed by atoms with Crippen molar-refractivity contribution in [1.82, 2.24) is 10.3 Å². The van der Waals surface area contributed by atoms with Crippen molar-refractivity contribution in [3.05, 3.63) is 65.7 Å². The average Bonchev–Trinajstić information content (AvgIpc) is 2.76. The Kier molecular flexibility index (Phi) is 7.29. The predicted molar refractivity (Wildman–Crippen MR) is 135 cm³/mol.